The first kappa shape index (κ1) is 19.4. The Morgan fingerprint density at radius 3 is 2.61 bits per heavy atom. The van der Waals surface area contributed by atoms with Crippen molar-refractivity contribution in [3.63, 3.8) is 0 Å². The van der Waals surface area contributed by atoms with Gasteiger partial charge in [0.15, 0.2) is 0 Å². The zero-order chi connectivity index (χ0) is 19.9. The number of carboxylic acid groups (broad SMARTS) is 1. The van der Waals surface area contributed by atoms with E-state index >= 15 is 0 Å². The number of methoxy groups -OCH3 is 1. The molecule has 5 fully saturated rings. The van der Waals surface area contributed by atoms with E-state index in [0.717, 1.165) is 30.1 Å². The molecule has 0 saturated heterocycles. The van der Waals surface area contributed by atoms with Crippen LogP contribution in [0, 0.1) is 51.8 Å². The average Bonchev–Trinajstić information content (AvgIpc) is 3.16. The predicted octanol–water partition coefficient (Wildman–Crippen LogP) is 5.77. The summed E-state index contributed by atoms with van der Waals surface area (Å²) >= 11 is 0. The van der Waals surface area contributed by atoms with Crippen LogP contribution in [-0.4, -0.2) is 24.3 Å². The predicted molar refractivity (Wildman–Crippen MR) is 110 cm³/mol. The molecule has 0 bridgehead atoms. The Labute approximate surface area is 171 Å². The third kappa shape index (κ3) is 2.29. The molecule has 5 rings (SSSR count). The lowest BCUT2D eigenvalue weighted by atomic mass is 9.45. The van der Waals surface area contributed by atoms with Crippen molar-refractivity contribution in [3.8, 4) is 0 Å². The highest BCUT2D eigenvalue weighted by Crippen LogP contribution is 2.82. The first-order chi connectivity index (χ1) is 13.3. The van der Waals surface area contributed by atoms with Gasteiger partial charge in [-0.2, -0.15) is 0 Å². The Kier molecular flexibility index (Phi) is 4.31. The van der Waals surface area contributed by atoms with Crippen molar-refractivity contribution < 1.29 is 14.6 Å². The summed E-state index contributed by atoms with van der Waals surface area (Å²) in [7, 11) is 1.97. The summed E-state index contributed by atoms with van der Waals surface area (Å²) in [5, 5.41) is 9.14. The van der Waals surface area contributed by atoms with Crippen LogP contribution in [0.3, 0.4) is 0 Å². The van der Waals surface area contributed by atoms with Crippen molar-refractivity contribution in [2.45, 2.75) is 91.1 Å². The summed E-state index contributed by atoms with van der Waals surface area (Å²) in [5.41, 5.74) is 1.44. The summed E-state index contributed by atoms with van der Waals surface area (Å²) in [6.07, 6.45) is 12.7. The number of carbonyl (C=O) groups is 1. The monoisotopic (exact) mass is 388 g/mol. The molecule has 0 radical (unpaired) electrons. The van der Waals surface area contributed by atoms with Crippen LogP contribution in [-0.2, 0) is 9.53 Å². The minimum atomic E-state index is -0.635. The molecule has 5 aliphatic rings. The van der Waals surface area contributed by atoms with Crippen LogP contribution in [0.4, 0.5) is 0 Å². The maximum absolute atomic E-state index is 11.1. The Morgan fingerprint density at radius 2 is 1.93 bits per heavy atom. The molecule has 1 N–H and O–H groups in total. The van der Waals surface area contributed by atoms with Crippen LogP contribution < -0.4 is 0 Å². The van der Waals surface area contributed by atoms with Crippen molar-refractivity contribution in [1.82, 2.24) is 0 Å². The van der Waals surface area contributed by atoms with Crippen molar-refractivity contribution in [2.75, 3.05) is 7.11 Å². The highest BCUT2D eigenvalue weighted by atomic mass is 16.5. The molecule has 10 atom stereocenters. The molecule has 0 aromatic rings. The number of carboxylic acids is 1. The van der Waals surface area contributed by atoms with Crippen LogP contribution in [0.2, 0.25) is 0 Å². The molecule has 3 nitrogen and oxygen atoms in total. The Balaban J connectivity index is 1.40. The fourth-order valence-corrected chi connectivity index (χ4v) is 10.1. The zero-order valence-corrected chi connectivity index (χ0v) is 18.4. The van der Waals surface area contributed by atoms with Crippen molar-refractivity contribution in [1.29, 1.82) is 0 Å². The SMILES string of the molecule is CO[C@@H]1CC2C3CCC([C@H](C)CCC(=O)O)[C@@]3(C)CCC2[C@@]2(C)CCC3CC312. The number of ether oxygens (including phenoxy) is 1. The number of fused-ring (bicyclic) bond motifs is 4. The molecule has 0 aromatic heterocycles. The minimum Gasteiger partial charge on any atom is -0.481 e. The molecule has 0 heterocycles. The van der Waals surface area contributed by atoms with Crippen molar-refractivity contribution >= 4 is 5.97 Å². The Morgan fingerprint density at radius 1 is 1.14 bits per heavy atom. The molecule has 0 amide bonds. The van der Waals surface area contributed by atoms with E-state index in [1.54, 1.807) is 0 Å². The molecule has 3 heteroatoms. The first-order valence-electron chi connectivity index (χ1n) is 12.0. The van der Waals surface area contributed by atoms with E-state index in [0.29, 0.717) is 40.6 Å². The van der Waals surface area contributed by atoms with Gasteiger partial charge in [-0.05, 0) is 104 Å². The van der Waals surface area contributed by atoms with E-state index in [2.05, 4.69) is 20.8 Å². The molecule has 1 spiro atoms. The minimum absolute atomic E-state index is 0.332. The molecule has 28 heavy (non-hydrogen) atoms. The average molecular weight is 389 g/mol. The van der Waals surface area contributed by atoms with Crippen LogP contribution in [0.5, 0.6) is 0 Å². The number of hydrogen-bond donors (Lipinski definition) is 1. The summed E-state index contributed by atoms with van der Waals surface area (Å²) in [6, 6.07) is 0. The summed E-state index contributed by atoms with van der Waals surface area (Å²) in [6.45, 7) is 7.55. The van der Waals surface area contributed by atoms with E-state index in [4.69, 9.17) is 9.84 Å². The van der Waals surface area contributed by atoms with Gasteiger partial charge in [0.2, 0.25) is 0 Å². The van der Waals surface area contributed by atoms with Crippen molar-refractivity contribution in [2.24, 2.45) is 51.8 Å². The van der Waals surface area contributed by atoms with Gasteiger partial charge in [-0.25, -0.2) is 0 Å². The maximum atomic E-state index is 11.1. The molecule has 158 valence electrons. The van der Waals surface area contributed by atoms with Gasteiger partial charge in [0.1, 0.15) is 0 Å². The molecule has 0 aliphatic heterocycles. The maximum Gasteiger partial charge on any atom is 0.303 e. The third-order valence-corrected chi connectivity index (χ3v) is 11.4. The molecule has 5 aliphatic carbocycles. The van der Waals surface area contributed by atoms with Gasteiger partial charge >= 0.3 is 5.97 Å². The topological polar surface area (TPSA) is 46.5 Å². The Hall–Kier alpha value is -0.570. The number of aliphatic carboxylic acids is 1. The van der Waals surface area contributed by atoms with E-state index in [9.17, 15) is 4.79 Å². The van der Waals surface area contributed by atoms with Gasteiger partial charge in [-0.3, -0.25) is 4.79 Å². The van der Waals surface area contributed by atoms with Crippen LogP contribution in [0.15, 0.2) is 0 Å². The summed E-state index contributed by atoms with van der Waals surface area (Å²) < 4.78 is 6.22. The number of rotatable bonds is 5. The van der Waals surface area contributed by atoms with Gasteiger partial charge in [-0.1, -0.05) is 20.8 Å². The second-order valence-electron chi connectivity index (χ2n) is 11.9. The molecule has 6 unspecified atom stereocenters. The molecule has 5 saturated carbocycles. The van der Waals surface area contributed by atoms with Gasteiger partial charge in [-0.15, -0.1) is 0 Å². The lowest BCUT2D eigenvalue weighted by Crippen LogP contribution is -2.57. The van der Waals surface area contributed by atoms with Gasteiger partial charge in [0.25, 0.3) is 0 Å². The molecular weight excluding hydrogens is 348 g/mol. The Bertz CT molecular complexity index is 660. The summed E-state index contributed by atoms with van der Waals surface area (Å²) in [4.78, 5) is 11.1. The summed E-state index contributed by atoms with van der Waals surface area (Å²) in [5.74, 6) is 4.11. The third-order valence-electron chi connectivity index (χ3n) is 11.4. The van der Waals surface area contributed by atoms with Crippen LogP contribution in [0.25, 0.3) is 0 Å². The zero-order valence-electron chi connectivity index (χ0n) is 18.4. The smallest absolute Gasteiger partial charge is 0.303 e. The number of hydrogen-bond acceptors (Lipinski definition) is 2. The van der Waals surface area contributed by atoms with E-state index in [1.165, 1.54) is 51.4 Å². The fourth-order valence-electron chi connectivity index (χ4n) is 10.1. The van der Waals surface area contributed by atoms with E-state index < -0.39 is 5.97 Å². The van der Waals surface area contributed by atoms with Crippen LogP contribution >= 0.6 is 0 Å². The highest BCUT2D eigenvalue weighted by Gasteiger charge is 2.77. The van der Waals surface area contributed by atoms with Crippen LogP contribution in [0.1, 0.15) is 85.0 Å². The second-order valence-corrected chi connectivity index (χ2v) is 11.9. The van der Waals surface area contributed by atoms with Gasteiger partial charge < -0.3 is 9.84 Å². The normalized spacial score (nSPS) is 55.0. The molecular formula is C25H40O3. The molecule has 0 aromatic carbocycles. The van der Waals surface area contributed by atoms with Gasteiger partial charge in [0.05, 0.1) is 6.10 Å². The van der Waals surface area contributed by atoms with E-state index in [1.807, 2.05) is 7.11 Å². The van der Waals surface area contributed by atoms with E-state index in [-0.39, 0.29) is 0 Å². The highest BCUT2D eigenvalue weighted by molar-refractivity contribution is 5.66. The lowest BCUT2D eigenvalue weighted by molar-refractivity contribution is -0.161. The fraction of sp³-hybridized carbons (Fsp3) is 0.960. The first-order valence-corrected chi connectivity index (χ1v) is 12.0. The second kappa shape index (κ2) is 6.22. The lowest BCUT2D eigenvalue weighted by Gasteiger charge is -2.61. The van der Waals surface area contributed by atoms with Gasteiger partial charge in [0, 0.05) is 18.9 Å². The van der Waals surface area contributed by atoms with Crippen molar-refractivity contribution in [3.05, 3.63) is 0 Å². The standard InChI is InChI=1S/C25H40O3/c1-15(5-8-22(26)27)18-6-7-19-17-13-21(28-4)25-14-16(25)9-12-24(25,3)20(17)10-11-23(18,19)2/h15-21H,5-14H2,1-4H3,(H,26,27)/t15-,16?,17?,18?,19?,20?,21-,23-,24-,25?/m1/s1. The quantitative estimate of drug-likeness (QED) is 0.650. The largest absolute Gasteiger partial charge is 0.481 e.